The number of hydrogen-bond donors (Lipinski definition) is 0. The van der Waals surface area contributed by atoms with Crippen molar-refractivity contribution >= 4 is 11.7 Å². The van der Waals surface area contributed by atoms with Crippen LogP contribution in [-0.4, -0.2) is 52.2 Å². The molecule has 0 radical (unpaired) electrons. The van der Waals surface area contributed by atoms with Crippen LogP contribution in [0.2, 0.25) is 0 Å². The maximum Gasteiger partial charge on any atom is 0.226 e. The molecule has 2 aliphatic rings. The quantitative estimate of drug-likeness (QED) is 0.637. The van der Waals surface area contributed by atoms with E-state index >= 15 is 0 Å². The number of carbonyl (C=O) groups is 2. The molecule has 1 saturated carbocycles. The SMILES string of the molecule is Cc1c(CC(=O)c2cccnc2)cc(F)cc1CN1CCN(C(=O)C2CCCC2)[C@@H](C)C1. The highest BCUT2D eigenvalue weighted by Gasteiger charge is 2.33. The first-order valence-corrected chi connectivity index (χ1v) is 11.7. The van der Waals surface area contributed by atoms with Crippen LogP contribution in [0.1, 0.15) is 59.7 Å². The molecule has 1 saturated heterocycles. The van der Waals surface area contributed by atoms with Crippen molar-refractivity contribution in [2.75, 3.05) is 19.6 Å². The number of benzene rings is 1. The van der Waals surface area contributed by atoms with Gasteiger partial charge in [0.2, 0.25) is 5.91 Å². The van der Waals surface area contributed by atoms with E-state index in [0.29, 0.717) is 18.0 Å². The largest absolute Gasteiger partial charge is 0.337 e. The van der Waals surface area contributed by atoms with Crippen molar-refractivity contribution in [1.29, 1.82) is 0 Å². The van der Waals surface area contributed by atoms with Crippen LogP contribution in [0.15, 0.2) is 36.7 Å². The molecule has 0 spiro atoms. The van der Waals surface area contributed by atoms with Crippen LogP contribution in [0, 0.1) is 18.7 Å². The Hall–Kier alpha value is -2.60. The van der Waals surface area contributed by atoms with Crippen LogP contribution < -0.4 is 0 Å². The van der Waals surface area contributed by atoms with Gasteiger partial charge in [-0.25, -0.2) is 4.39 Å². The Morgan fingerprint density at radius 2 is 1.91 bits per heavy atom. The van der Waals surface area contributed by atoms with Crippen molar-refractivity contribution in [3.8, 4) is 0 Å². The van der Waals surface area contributed by atoms with Crippen LogP contribution in [0.5, 0.6) is 0 Å². The van der Waals surface area contributed by atoms with E-state index in [9.17, 15) is 14.0 Å². The lowest BCUT2D eigenvalue weighted by atomic mass is 9.95. The predicted molar refractivity (Wildman–Crippen MR) is 122 cm³/mol. The number of Topliss-reactive ketones (excluding diaryl/α,β-unsaturated/α-hetero) is 1. The minimum absolute atomic E-state index is 0.0644. The van der Waals surface area contributed by atoms with E-state index < -0.39 is 0 Å². The molecule has 1 aliphatic heterocycles. The van der Waals surface area contributed by atoms with Crippen molar-refractivity contribution in [2.24, 2.45) is 5.92 Å². The molecule has 2 heterocycles. The van der Waals surface area contributed by atoms with E-state index in [-0.39, 0.29) is 30.0 Å². The Balaban J connectivity index is 1.42. The van der Waals surface area contributed by atoms with Gasteiger partial charge in [-0.1, -0.05) is 12.8 Å². The fourth-order valence-corrected chi connectivity index (χ4v) is 5.10. The molecule has 1 aromatic heterocycles. The first kappa shape index (κ1) is 22.6. The van der Waals surface area contributed by atoms with Crippen molar-refractivity contribution in [1.82, 2.24) is 14.8 Å². The Morgan fingerprint density at radius 1 is 1.16 bits per heavy atom. The highest BCUT2D eigenvalue weighted by Crippen LogP contribution is 2.28. The normalized spacial score (nSPS) is 20.0. The molecule has 1 atom stereocenters. The molecule has 1 amide bonds. The number of rotatable bonds is 6. The summed E-state index contributed by atoms with van der Waals surface area (Å²) >= 11 is 0. The number of hydrogen-bond acceptors (Lipinski definition) is 4. The maximum absolute atomic E-state index is 14.4. The smallest absolute Gasteiger partial charge is 0.226 e. The number of piperazine rings is 1. The minimum atomic E-state index is -0.317. The number of pyridine rings is 1. The fourth-order valence-electron chi connectivity index (χ4n) is 5.10. The standard InChI is InChI=1S/C26H32FN3O2/c1-18-16-29(10-11-30(18)26(32)20-6-3-4-7-20)17-23-13-24(27)12-22(19(23)2)14-25(31)21-8-5-9-28-15-21/h5,8-9,12-13,15,18,20H,3-4,6-7,10-11,14,16-17H2,1-2H3/t18-/m0/s1. The van der Waals surface area contributed by atoms with Crippen molar-refractivity contribution < 1.29 is 14.0 Å². The van der Waals surface area contributed by atoms with E-state index in [1.807, 2.05) is 11.8 Å². The van der Waals surface area contributed by atoms with E-state index in [2.05, 4.69) is 16.8 Å². The zero-order chi connectivity index (χ0) is 22.7. The average molecular weight is 438 g/mol. The Bertz CT molecular complexity index is 973. The number of ketones is 1. The number of nitrogens with zero attached hydrogens (tertiary/aromatic N) is 3. The first-order valence-electron chi connectivity index (χ1n) is 11.7. The van der Waals surface area contributed by atoms with Gasteiger partial charge in [-0.3, -0.25) is 19.5 Å². The Labute approximate surface area is 189 Å². The second-order valence-corrected chi connectivity index (χ2v) is 9.29. The lowest BCUT2D eigenvalue weighted by Gasteiger charge is -2.41. The van der Waals surface area contributed by atoms with Gasteiger partial charge in [0.05, 0.1) is 0 Å². The molecular formula is C26H32FN3O2. The third-order valence-corrected chi connectivity index (χ3v) is 7.02. The molecule has 32 heavy (non-hydrogen) atoms. The number of halogens is 1. The van der Waals surface area contributed by atoms with Crippen LogP contribution in [0.25, 0.3) is 0 Å². The molecule has 0 N–H and O–H groups in total. The average Bonchev–Trinajstić information content (AvgIpc) is 3.32. The van der Waals surface area contributed by atoms with Crippen molar-refractivity contribution in [2.45, 2.75) is 58.5 Å². The molecule has 0 unspecified atom stereocenters. The van der Waals surface area contributed by atoms with Crippen LogP contribution in [-0.2, 0) is 17.8 Å². The lowest BCUT2D eigenvalue weighted by Crippen LogP contribution is -2.54. The van der Waals surface area contributed by atoms with Gasteiger partial charge in [0.1, 0.15) is 5.82 Å². The van der Waals surface area contributed by atoms with Crippen LogP contribution in [0.3, 0.4) is 0 Å². The fraction of sp³-hybridized carbons (Fsp3) is 0.500. The number of aromatic nitrogens is 1. The summed E-state index contributed by atoms with van der Waals surface area (Å²) in [5.74, 6) is 0.134. The molecule has 4 rings (SSSR count). The molecule has 0 bridgehead atoms. The zero-order valence-electron chi connectivity index (χ0n) is 19.0. The van der Waals surface area contributed by atoms with Gasteiger partial charge in [-0.05, 0) is 67.6 Å². The lowest BCUT2D eigenvalue weighted by molar-refractivity contribution is -0.140. The van der Waals surface area contributed by atoms with E-state index in [0.717, 1.165) is 62.0 Å². The van der Waals surface area contributed by atoms with Gasteiger partial charge in [0.15, 0.2) is 5.78 Å². The topological polar surface area (TPSA) is 53.5 Å². The van der Waals surface area contributed by atoms with Crippen molar-refractivity contribution in [3.63, 3.8) is 0 Å². The summed E-state index contributed by atoms with van der Waals surface area (Å²) in [5.41, 5.74) is 3.12. The molecule has 1 aromatic carbocycles. The van der Waals surface area contributed by atoms with Gasteiger partial charge in [0, 0.05) is 62.5 Å². The zero-order valence-corrected chi connectivity index (χ0v) is 19.0. The minimum Gasteiger partial charge on any atom is -0.337 e. The molecule has 2 fully saturated rings. The Kier molecular flexibility index (Phi) is 6.99. The molecular weight excluding hydrogens is 405 g/mol. The number of carbonyl (C=O) groups excluding carboxylic acids is 2. The summed E-state index contributed by atoms with van der Waals surface area (Å²) < 4.78 is 14.4. The Morgan fingerprint density at radius 3 is 2.59 bits per heavy atom. The predicted octanol–water partition coefficient (Wildman–Crippen LogP) is 4.18. The monoisotopic (exact) mass is 437 g/mol. The summed E-state index contributed by atoms with van der Waals surface area (Å²) in [6.45, 7) is 6.96. The van der Waals surface area contributed by atoms with E-state index in [1.165, 1.54) is 6.07 Å². The second kappa shape index (κ2) is 9.90. The number of amides is 1. The van der Waals surface area contributed by atoms with Crippen molar-refractivity contribution in [3.05, 3.63) is 64.7 Å². The second-order valence-electron chi connectivity index (χ2n) is 9.29. The van der Waals surface area contributed by atoms with Gasteiger partial charge >= 0.3 is 0 Å². The van der Waals surface area contributed by atoms with Gasteiger partial charge in [-0.2, -0.15) is 0 Å². The highest BCUT2D eigenvalue weighted by atomic mass is 19.1. The van der Waals surface area contributed by atoms with Gasteiger partial charge in [-0.15, -0.1) is 0 Å². The molecule has 5 nitrogen and oxygen atoms in total. The van der Waals surface area contributed by atoms with Gasteiger partial charge in [0.25, 0.3) is 0 Å². The van der Waals surface area contributed by atoms with E-state index in [4.69, 9.17) is 0 Å². The molecule has 2 aromatic rings. The maximum atomic E-state index is 14.4. The highest BCUT2D eigenvalue weighted by molar-refractivity contribution is 5.97. The van der Waals surface area contributed by atoms with Crippen LogP contribution in [0.4, 0.5) is 4.39 Å². The molecule has 6 heteroatoms. The third kappa shape index (κ3) is 5.07. The summed E-state index contributed by atoms with van der Waals surface area (Å²) in [5, 5.41) is 0. The summed E-state index contributed by atoms with van der Waals surface area (Å²) in [7, 11) is 0. The first-order chi connectivity index (χ1) is 15.4. The van der Waals surface area contributed by atoms with Gasteiger partial charge < -0.3 is 4.90 Å². The summed E-state index contributed by atoms with van der Waals surface area (Å²) in [6.07, 6.45) is 7.70. The summed E-state index contributed by atoms with van der Waals surface area (Å²) in [4.78, 5) is 33.8. The summed E-state index contributed by atoms with van der Waals surface area (Å²) in [6, 6.07) is 6.66. The third-order valence-electron chi connectivity index (χ3n) is 7.02. The molecule has 1 aliphatic carbocycles. The molecule has 170 valence electrons. The van der Waals surface area contributed by atoms with Crippen LogP contribution >= 0.6 is 0 Å². The van der Waals surface area contributed by atoms with E-state index in [1.54, 1.807) is 30.6 Å².